The second-order valence-electron chi connectivity index (χ2n) is 23.2. The number of esters is 1. The van der Waals surface area contributed by atoms with Crippen LogP contribution in [0.25, 0.3) is 0 Å². The van der Waals surface area contributed by atoms with Crippen molar-refractivity contribution < 1.29 is 47.9 Å². The first-order valence-corrected chi connectivity index (χ1v) is 27.7. The van der Waals surface area contributed by atoms with Crippen molar-refractivity contribution in [3.8, 4) is 0 Å². The summed E-state index contributed by atoms with van der Waals surface area (Å²) in [5, 5.41) is 8.83. The van der Waals surface area contributed by atoms with E-state index in [0.717, 1.165) is 5.56 Å². The van der Waals surface area contributed by atoms with Crippen molar-refractivity contribution in [3.63, 3.8) is 0 Å². The highest BCUT2D eigenvalue weighted by molar-refractivity contribution is 5.99. The summed E-state index contributed by atoms with van der Waals surface area (Å²) in [6, 6.07) is 9.04. The number of nitrogens with zero attached hydrogens (tertiary/aromatic N) is 5. The molecule has 0 unspecified atom stereocenters. The number of hydrogen-bond donors (Lipinski definition) is 3. The molecule has 0 bridgehead atoms. The van der Waals surface area contributed by atoms with Gasteiger partial charge in [-0.15, -0.1) is 0 Å². The van der Waals surface area contributed by atoms with Crippen LogP contribution in [0.15, 0.2) is 60.7 Å². The maximum absolute atomic E-state index is 15.2. The van der Waals surface area contributed by atoms with Crippen LogP contribution in [-0.4, -0.2) is 167 Å². The molecule has 2 fully saturated rings. The van der Waals surface area contributed by atoms with Gasteiger partial charge in [-0.1, -0.05) is 144 Å². The molecule has 0 saturated carbocycles. The molecule has 18 nitrogen and oxygen atoms in total. The van der Waals surface area contributed by atoms with Gasteiger partial charge in [0, 0.05) is 53.5 Å². The van der Waals surface area contributed by atoms with Crippen molar-refractivity contribution in [2.45, 2.75) is 176 Å². The van der Waals surface area contributed by atoms with E-state index in [2.05, 4.69) is 16.0 Å². The standard InChI is InChI=1S/C59H90N8O10/c1-17-39(12)50-58(75)65(15)48(37(8)9)53(70)61-43(32-40-25-20-18-21-26-40)54(71)63(13)45(33-41-27-22-19-23-28-41)56(73)67-30-24-29-44(67)51(68)62-46(35(4)5)57(74)64(14)47(36(6)7)52(69)60-42(31-34(2)3)55(72)66(16)49(38(10)11)59(76)77-50/h18-23,25-28,34-39,42-50H,17,24,29-33H2,1-16H3,(H,60,69)(H,61,70)(H,62,68)/t39-,42+,43+,44+,45+,46+,47+,48+,49+,50-/m1/s1. The number of carbonyl (C=O) groups is 9. The van der Waals surface area contributed by atoms with E-state index in [4.69, 9.17) is 4.74 Å². The fourth-order valence-electron chi connectivity index (χ4n) is 10.8. The molecule has 426 valence electrons. The third kappa shape index (κ3) is 15.9. The zero-order valence-electron chi connectivity index (χ0n) is 48.7. The Morgan fingerprint density at radius 2 is 0.987 bits per heavy atom. The van der Waals surface area contributed by atoms with Crippen molar-refractivity contribution in [1.82, 2.24) is 40.4 Å². The van der Waals surface area contributed by atoms with Crippen molar-refractivity contribution in [2.24, 2.45) is 35.5 Å². The Morgan fingerprint density at radius 3 is 1.47 bits per heavy atom. The Morgan fingerprint density at radius 1 is 0.519 bits per heavy atom. The van der Waals surface area contributed by atoms with Crippen molar-refractivity contribution in [1.29, 1.82) is 0 Å². The van der Waals surface area contributed by atoms with Gasteiger partial charge < -0.3 is 45.2 Å². The number of carbonyl (C=O) groups excluding carboxylic acids is 9. The van der Waals surface area contributed by atoms with Gasteiger partial charge in [0.05, 0.1) is 0 Å². The molecule has 0 radical (unpaired) electrons. The minimum absolute atomic E-state index is 0.0189. The molecular weight excluding hydrogens is 981 g/mol. The monoisotopic (exact) mass is 1070 g/mol. The summed E-state index contributed by atoms with van der Waals surface area (Å²) in [7, 11) is 5.90. The van der Waals surface area contributed by atoms with E-state index < -0.39 is 137 Å². The quantitative estimate of drug-likeness (QED) is 0.246. The number of ether oxygens (including phenoxy) is 1. The minimum Gasteiger partial charge on any atom is -0.450 e. The molecule has 2 aromatic carbocycles. The van der Waals surface area contributed by atoms with Gasteiger partial charge in [-0.05, 0) is 66.4 Å². The van der Waals surface area contributed by atoms with Gasteiger partial charge in [0.15, 0.2) is 6.10 Å². The fraction of sp³-hybridized carbons (Fsp3) is 0.644. The van der Waals surface area contributed by atoms with Crippen LogP contribution in [-0.2, 0) is 60.7 Å². The van der Waals surface area contributed by atoms with E-state index in [9.17, 15) is 33.6 Å². The van der Waals surface area contributed by atoms with Gasteiger partial charge in [-0.3, -0.25) is 38.4 Å². The highest BCUT2D eigenvalue weighted by Gasteiger charge is 2.46. The van der Waals surface area contributed by atoms with Crippen molar-refractivity contribution in [3.05, 3.63) is 71.8 Å². The van der Waals surface area contributed by atoms with E-state index in [-0.39, 0.29) is 38.1 Å². The largest absolute Gasteiger partial charge is 0.450 e. The maximum Gasteiger partial charge on any atom is 0.329 e. The van der Waals surface area contributed by atoms with E-state index in [0.29, 0.717) is 18.4 Å². The van der Waals surface area contributed by atoms with Crippen molar-refractivity contribution in [2.75, 3.05) is 34.7 Å². The molecule has 2 aromatic rings. The fourth-order valence-corrected chi connectivity index (χ4v) is 10.8. The van der Waals surface area contributed by atoms with Crippen LogP contribution in [0.3, 0.4) is 0 Å². The summed E-state index contributed by atoms with van der Waals surface area (Å²) in [6.45, 7) is 21.7. The lowest BCUT2D eigenvalue weighted by atomic mass is 9.95. The summed E-state index contributed by atoms with van der Waals surface area (Å²) in [5.74, 6) is -8.27. The molecule has 3 N–H and O–H groups in total. The zero-order chi connectivity index (χ0) is 57.7. The maximum atomic E-state index is 15.2. The first kappa shape index (κ1) is 63.2. The minimum atomic E-state index is -1.40. The molecule has 0 aromatic heterocycles. The molecule has 77 heavy (non-hydrogen) atoms. The number of benzene rings is 2. The number of nitrogens with one attached hydrogen (secondary N) is 3. The first-order chi connectivity index (χ1) is 36.1. The molecule has 2 aliphatic rings. The lowest BCUT2D eigenvalue weighted by Crippen LogP contribution is -2.62. The van der Waals surface area contributed by atoms with Crippen LogP contribution in [0.1, 0.15) is 120 Å². The number of likely N-dealkylation sites (N-methyl/N-ethyl adjacent to an activating group) is 4. The molecule has 18 heteroatoms. The van der Waals surface area contributed by atoms with Crippen LogP contribution in [0.2, 0.25) is 0 Å². The predicted molar refractivity (Wildman–Crippen MR) is 295 cm³/mol. The Bertz CT molecular complexity index is 2360. The van der Waals surface area contributed by atoms with Crippen LogP contribution < -0.4 is 16.0 Å². The summed E-state index contributed by atoms with van der Waals surface area (Å²) < 4.78 is 6.18. The number of hydrogen-bond acceptors (Lipinski definition) is 10. The number of rotatable bonds is 12. The molecule has 10 atom stereocenters. The van der Waals surface area contributed by atoms with E-state index in [1.54, 1.807) is 62.3 Å². The Kier molecular flexibility index (Phi) is 23.3. The Hall–Kier alpha value is -6.33. The van der Waals surface area contributed by atoms with Crippen molar-refractivity contribution >= 4 is 53.2 Å². The lowest BCUT2D eigenvalue weighted by Gasteiger charge is -2.38. The normalized spacial score (nSPS) is 26.4. The molecule has 4 rings (SSSR count). The SMILES string of the molecule is CC[C@@H](C)[C@H]1OC(=O)[C@H](C(C)C)N(C)C(=O)[C@H](CC(C)C)NC(=O)[C@H](C(C)C)N(C)C(=O)[C@H](C(C)C)NC(=O)[C@@H]2CCCN2C(=O)[C@H](Cc2ccccc2)N(C)C(=O)[C@H](Cc2ccccc2)NC(=O)[C@H](C(C)C)N(C)C1=O. The molecule has 0 spiro atoms. The van der Waals surface area contributed by atoms with E-state index in [1.165, 1.54) is 52.7 Å². The molecule has 2 heterocycles. The Labute approximate surface area is 458 Å². The highest BCUT2D eigenvalue weighted by atomic mass is 16.6. The van der Waals surface area contributed by atoms with Gasteiger partial charge in [-0.25, -0.2) is 4.79 Å². The second kappa shape index (κ2) is 28.3. The second-order valence-corrected chi connectivity index (χ2v) is 23.2. The predicted octanol–water partition coefficient (Wildman–Crippen LogP) is 4.87. The van der Waals surface area contributed by atoms with Gasteiger partial charge in [0.1, 0.15) is 48.3 Å². The van der Waals surface area contributed by atoms with Gasteiger partial charge >= 0.3 is 5.97 Å². The smallest absolute Gasteiger partial charge is 0.329 e. The summed E-state index contributed by atoms with van der Waals surface area (Å²) in [6.07, 6.45) is 0.00497. The number of amides is 8. The number of fused-ring (bicyclic) bond motifs is 1. The van der Waals surface area contributed by atoms with Gasteiger partial charge in [0.2, 0.25) is 41.4 Å². The zero-order valence-corrected chi connectivity index (χ0v) is 48.7. The van der Waals surface area contributed by atoms with Gasteiger partial charge in [-0.2, -0.15) is 0 Å². The average Bonchev–Trinajstić information content (AvgIpc) is 3.88. The molecule has 2 saturated heterocycles. The van der Waals surface area contributed by atoms with E-state index >= 15 is 9.59 Å². The first-order valence-electron chi connectivity index (χ1n) is 27.7. The summed E-state index contributed by atoms with van der Waals surface area (Å²) in [4.78, 5) is 140. The molecule has 2 aliphatic heterocycles. The molecule has 8 amide bonds. The Balaban J connectivity index is 1.95. The highest BCUT2D eigenvalue weighted by Crippen LogP contribution is 2.26. The van der Waals surface area contributed by atoms with Crippen LogP contribution in [0, 0.1) is 35.5 Å². The summed E-state index contributed by atoms with van der Waals surface area (Å²) >= 11 is 0. The molecular formula is C59H90N8O10. The van der Waals surface area contributed by atoms with E-state index in [1.807, 2.05) is 81.4 Å². The summed E-state index contributed by atoms with van der Waals surface area (Å²) in [5.41, 5.74) is 1.45. The number of cyclic esters (lactones) is 1. The topological polar surface area (TPSA) is 215 Å². The average molecular weight is 1070 g/mol. The van der Waals surface area contributed by atoms with Gasteiger partial charge in [0.25, 0.3) is 5.91 Å². The van der Waals surface area contributed by atoms with Crippen LogP contribution in [0.5, 0.6) is 0 Å². The third-order valence-electron chi connectivity index (χ3n) is 15.3. The van der Waals surface area contributed by atoms with Crippen LogP contribution in [0.4, 0.5) is 0 Å². The third-order valence-corrected chi connectivity index (χ3v) is 15.3. The lowest BCUT2D eigenvalue weighted by molar-refractivity contribution is -0.172. The van der Waals surface area contributed by atoms with Crippen LogP contribution >= 0.6 is 0 Å². The molecule has 0 aliphatic carbocycles.